The van der Waals surface area contributed by atoms with Gasteiger partial charge in [0.25, 0.3) is 0 Å². The number of anilines is 2. The summed E-state index contributed by atoms with van der Waals surface area (Å²) in [4.78, 5) is 11.8. The summed E-state index contributed by atoms with van der Waals surface area (Å²) in [6, 6.07) is 5.34. The molecule has 1 amide bonds. The van der Waals surface area contributed by atoms with Crippen LogP contribution in [0.4, 0.5) is 11.4 Å². The first-order valence-electron chi connectivity index (χ1n) is 4.83. The molecule has 0 radical (unpaired) electrons. The molecular formula is C11H14N2O2. The smallest absolute Gasteiger partial charge is 0.233 e. The molecule has 0 aromatic heterocycles. The summed E-state index contributed by atoms with van der Waals surface area (Å²) >= 11 is 0. The Balaban J connectivity index is 2.45. The predicted octanol–water partition coefficient (Wildman–Crippen LogP) is 1.63. The van der Waals surface area contributed by atoms with Crippen molar-refractivity contribution in [2.75, 3.05) is 17.7 Å². The number of hydrogen-bond donors (Lipinski definition) is 2. The molecule has 4 nitrogen and oxygen atoms in total. The second kappa shape index (κ2) is 3.15. The van der Waals surface area contributed by atoms with E-state index in [-0.39, 0.29) is 5.91 Å². The lowest BCUT2D eigenvalue weighted by Gasteiger charge is -2.18. The number of carbonyl (C=O) groups is 1. The lowest BCUT2D eigenvalue weighted by molar-refractivity contribution is -0.124. The molecule has 0 spiro atoms. The fourth-order valence-corrected chi connectivity index (χ4v) is 1.41. The molecule has 1 aromatic carbocycles. The van der Waals surface area contributed by atoms with Gasteiger partial charge >= 0.3 is 0 Å². The van der Waals surface area contributed by atoms with E-state index in [9.17, 15) is 4.79 Å². The first-order valence-corrected chi connectivity index (χ1v) is 4.83. The van der Waals surface area contributed by atoms with Gasteiger partial charge in [0.1, 0.15) is 18.0 Å². The number of nitrogen functional groups attached to an aromatic ring is 1. The van der Waals surface area contributed by atoms with Crippen molar-refractivity contribution in [2.24, 2.45) is 5.41 Å². The van der Waals surface area contributed by atoms with E-state index in [0.717, 1.165) is 0 Å². The normalized spacial score (nSPS) is 18.4. The maximum Gasteiger partial charge on any atom is 0.233 e. The van der Waals surface area contributed by atoms with Gasteiger partial charge in [-0.25, -0.2) is 0 Å². The van der Waals surface area contributed by atoms with Crippen molar-refractivity contribution in [3.8, 4) is 5.75 Å². The van der Waals surface area contributed by atoms with E-state index in [1.807, 2.05) is 13.8 Å². The van der Waals surface area contributed by atoms with Crippen LogP contribution in [-0.4, -0.2) is 12.5 Å². The quantitative estimate of drug-likeness (QED) is 0.634. The van der Waals surface area contributed by atoms with E-state index < -0.39 is 5.41 Å². The van der Waals surface area contributed by atoms with Crippen LogP contribution in [0, 0.1) is 5.41 Å². The van der Waals surface area contributed by atoms with Crippen molar-refractivity contribution in [1.82, 2.24) is 0 Å². The third kappa shape index (κ3) is 1.63. The maximum absolute atomic E-state index is 11.8. The number of nitrogens with two attached hydrogens (primary N) is 1. The lowest BCUT2D eigenvalue weighted by Crippen LogP contribution is -2.33. The van der Waals surface area contributed by atoms with Crippen LogP contribution in [-0.2, 0) is 4.79 Å². The van der Waals surface area contributed by atoms with Gasteiger partial charge in [-0.15, -0.1) is 0 Å². The Labute approximate surface area is 88.4 Å². The summed E-state index contributed by atoms with van der Waals surface area (Å²) in [7, 11) is 0. The maximum atomic E-state index is 11.8. The summed E-state index contributed by atoms with van der Waals surface area (Å²) in [6.07, 6.45) is 0. The number of carbonyl (C=O) groups excluding carboxylic acids is 1. The Morgan fingerprint density at radius 3 is 2.93 bits per heavy atom. The van der Waals surface area contributed by atoms with Gasteiger partial charge in [0, 0.05) is 0 Å². The van der Waals surface area contributed by atoms with Gasteiger partial charge in [0.15, 0.2) is 0 Å². The van der Waals surface area contributed by atoms with E-state index in [1.54, 1.807) is 18.2 Å². The topological polar surface area (TPSA) is 64.3 Å². The highest BCUT2D eigenvalue weighted by atomic mass is 16.5. The zero-order valence-electron chi connectivity index (χ0n) is 8.83. The molecule has 0 saturated carbocycles. The van der Waals surface area contributed by atoms with E-state index in [0.29, 0.717) is 23.7 Å². The minimum Gasteiger partial charge on any atom is -0.490 e. The predicted molar refractivity (Wildman–Crippen MR) is 58.8 cm³/mol. The summed E-state index contributed by atoms with van der Waals surface area (Å²) < 4.78 is 5.55. The van der Waals surface area contributed by atoms with Gasteiger partial charge < -0.3 is 15.8 Å². The molecule has 1 aliphatic heterocycles. The van der Waals surface area contributed by atoms with Crippen LogP contribution in [0.3, 0.4) is 0 Å². The Morgan fingerprint density at radius 2 is 2.20 bits per heavy atom. The van der Waals surface area contributed by atoms with Crippen molar-refractivity contribution < 1.29 is 9.53 Å². The van der Waals surface area contributed by atoms with Crippen LogP contribution in [0.1, 0.15) is 13.8 Å². The van der Waals surface area contributed by atoms with E-state index in [1.165, 1.54) is 0 Å². The minimum atomic E-state index is -0.536. The average molecular weight is 206 g/mol. The highest BCUT2D eigenvalue weighted by Gasteiger charge is 2.32. The molecule has 0 aliphatic carbocycles. The average Bonchev–Trinajstić information content (AvgIpc) is 2.28. The molecule has 15 heavy (non-hydrogen) atoms. The largest absolute Gasteiger partial charge is 0.490 e. The Hall–Kier alpha value is -1.71. The van der Waals surface area contributed by atoms with Gasteiger partial charge in [0.05, 0.1) is 11.1 Å². The van der Waals surface area contributed by atoms with Crippen molar-refractivity contribution in [3.05, 3.63) is 18.2 Å². The first-order chi connectivity index (χ1) is 7.00. The van der Waals surface area contributed by atoms with E-state index >= 15 is 0 Å². The van der Waals surface area contributed by atoms with Crippen molar-refractivity contribution in [1.29, 1.82) is 0 Å². The van der Waals surface area contributed by atoms with Crippen LogP contribution in [0.25, 0.3) is 0 Å². The number of fused-ring (bicyclic) bond motifs is 1. The standard InChI is InChI=1S/C11H14N2O2/c1-11(2)6-15-8-5-3-4-7(12)9(8)13-10(11)14/h3-5H,6,12H2,1-2H3,(H,13,14). The molecule has 80 valence electrons. The number of benzene rings is 1. The van der Waals surface area contributed by atoms with Gasteiger partial charge in [-0.05, 0) is 26.0 Å². The molecule has 0 fully saturated rings. The number of nitrogens with one attached hydrogen (secondary N) is 1. The summed E-state index contributed by atoms with van der Waals surface area (Å²) in [5.74, 6) is 0.563. The van der Waals surface area contributed by atoms with Crippen LogP contribution >= 0.6 is 0 Å². The number of rotatable bonds is 0. The third-order valence-corrected chi connectivity index (χ3v) is 2.50. The van der Waals surface area contributed by atoms with Gasteiger partial charge in [-0.2, -0.15) is 0 Å². The molecule has 0 saturated heterocycles. The second-order valence-corrected chi connectivity index (χ2v) is 4.35. The van der Waals surface area contributed by atoms with Crippen LogP contribution in [0.2, 0.25) is 0 Å². The van der Waals surface area contributed by atoms with E-state index in [2.05, 4.69) is 5.32 Å². The number of amides is 1. The minimum absolute atomic E-state index is 0.0702. The Bertz CT molecular complexity index is 413. The van der Waals surface area contributed by atoms with Crippen molar-refractivity contribution in [2.45, 2.75) is 13.8 Å². The highest BCUT2D eigenvalue weighted by Crippen LogP contribution is 2.35. The summed E-state index contributed by atoms with van der Waals surface area (Å²) in [5, 5.41) is 2.79. The molecule has 0 bridgehead atoms. The molecule has 0 unspecified atom stereocenters. The zero-order chi connectivity index (χ0) is 11.1. The molecule has 1 aliphatic rings. The van der Waals surface area contributed by atoms with Crippen molar-refractivity contribution >= 4 is 17.3 Å². The summed E-state index contributed by atoms with van der Waals surface area (Å²) in [6.45, 7) is 4.03. The molecule has 1 heterocycles. The number of para-hydroxylation sites is 1. The van der Waals surface area contributed by atoms with E-state index in [4.69, 9.17) is 10.5 Å². The summed E-state index contributed by atoms with van der Waals surface area (Å²) in [5.41, 5.74) is 6.33. The fourth-order valence-electron chi connectivity index (χ4n) is 1.41. The number of hydrogen-bond acceptors (Lipinski definition) is 3. The van der Waals surface area contributed by atoms with Crippen LogP contribution in [0.5, 0.6) is 5.75 Å². The zero-order valence-corrected chi connectivity index (χ0v) is 8.83. The SMILES string of the molecule is CC1(C)COc2cccc(N)c2NC1=O. The third-order valence-electron chi connectivity index (χ3n) is 2.50. The first kappa shape index (κ1) is 9.83. The Morgan fingerprint density at radius 1 is 1.47 bits per heavy atom. The van der Waals surface area contributed by atoms with Gasteiger partial charge in [0.2, 0.25) is 5.91 Å². The molecule has 0 atom stereocenters. The molecule has 1 aromatic rings. The highest BCUT2D eigenvalue weighted by molar-refractivity contribution is 5.99. The van der Waals surface area contributed by atoms with Gasteiger partial charge in [-0.3, -0.25) is 4.79 Å². The lowest BCUT2D eigenvalue weighted by atomic mass is 9.94. The van der Waals surface area contributed by atoms with Gasteiger partial charge in [-0.1, -0.05) is 6.07 Å². The molecule has 3 N–H and O–H groups in total. The molecule has 2 rings (SSSR count). The molecule has 4 heteroatoms. The van der Waals surface area contributed by atoms with Crippen LogP contribution in [0.15, 0.2) is 18.2 Å². The fraction of sp³-hybridized carbons (Fsp3) is 0.364. The van der Waals surface area contributed by atoms with Crippen LogP contribution < -0.4 is 15.8 Å². The second-order valence-electron chi connectivity index (χ2n) is 4.35. The molecular weight excluding hydrogens is 192 g/mol. The Kier molecular flexibility index (Phi) is 2.07. The monoisotopic (exact) mass is 206 g/mol. The number of ether oxygens (including phenoxy) is 1. The van der Waals surface area contributed by atoms with Crippen molar-refractivity contribution in [3.63, 3.8) is 0 Å².